The topological polar surface area (TPSA) is 50.7 Å². The van der Waals surface area contributed by atoms with Crippen molar-refractivity contribution in [3.63, 3.8) is 0 Å². The van der Waals surface area contributed by atoms with Crippen molar-refractivity contribution < 1.29 is 9.53 Å². The van der Waals surface area contributed by atoms with E-state index in [1.165, 1.54) is 22.0 Å². The van der Waals surface area contributed by atoms with Crippen LogP contribution in [0.25, 0.3) is 0 Å². The second-order valence-electron chi connectivity index (χ2n) is 4.66. The van der Waals surface area contributed by atoms with Crippen molar-refractivity contribution in [2.24, 2.45) is 5.10 Å². The number of hydrogen-bond acceptors (Lipinski definition) is 3. The number of ether oxygens (including phenoxy) is 1. The molecule has 0 saturated carbocycles. The normalized spacial score (nSPS) is 15.3. The second-order valence-corrected chi connectivity index (χ2v) is 7.54. The van der Waals surface area contributed by atoms with Gasteiger partial charge in [0, 0.05) is 0 Å². The van der Waals surface area contributed by atoms with Crippen LogP contribution in [0.3, 0.4) is 0 Å². The molecule has 112 valence electrons. The molecule has 4 nitrogen and oxygen atoms in total. The molecule has 1 aliphatic rings. The van der Waals surface area contributed by atoms with E-state index in [-0.39, 0.29) is 5.91 Å². The van der Waals surface area contributed by atoms with Gasteiger partial charge in [-0.2, -0.15) is 0 Å². The summed E-state index contributed by atoms with van der Waals surface area (Å²) < 4.78 is 6.41. The molecule has 0 aromatic heterocycles. The number of hydrazone groups is 1. The van der Waals surface area contributed by atoms with Crippen molar-refractivity contribution in [1.82, 2.24) is 5.43 Å². The number of nitrogens with zero attached hydrogens (tertiary/aromatic N) is 1. The summed E-state index contributed by atoms with van der Waals surface area (Å²) in [5.41, 5.74) is 4.31. The summed E-state index contributed by atoms with van der Waals surface area (Å²) in [6, 6.07) is 6.92. The Morgan fingerprint density at radius 1 is 1.33 bits per heavy atom. The fourth-order valence-corrected chi connectivity index (χ4v) is 4.64. The van der Waals surface area contributed by atoms with Crippen molar-refractivity contribution >= 4 is 40.9 Å². The van der Waals surface area contributed by atoms with E-state index in [1.807, 2.05) is 0 Å². The number of carbonyl (C=O) groups is 1. The molecule has 1 aliphatic carbocycles. The number of allylic oxidation sites excluding steroid dienone is 2. The minimum absolute atomic E-state index is 0.228. The molecular formula is C15H17ClN2O2Te. The first-order valence-corrected chi connectivity index (χ1v) is 10.8. The average Bonchev–Trinajstić information content (AvgIpc) is 2.55. The molecular weight excluding hydrogens is 403 g/mol. The van der Waals surface area contributed by atoms with Gasteiger partial charge in [0.15, 0.2) is 0 Å². The van der Waals surface area contributed by atoms with Gasteiger partial charge in [0.05, 0.1) is 0 Å². The van der Waals surface area contributed by atoms with Crippen LogP contribution in [-0.2, 0) is 0 Å². The van der Waals surface area contributed by atoms with Gasteiger partial charge in [-0.25, -0.2) is 0 Å². The molecule has 1 N–H and O–H groups in total. The first-order chi connectivity index (χ1) is 10.2. The maximum atomic E-state index is 11.9. The zero-order valence-corrected chi connectivity index (χ0v) is 14.9. The Bertz CT molecular complexity index is 555. The fourth-order valence-electron chi connectivity index (χ4n) is 2.10. The third-order valence-electron chi connectivity index (χ3n) is 3.29. The van der Waals surface area contributed by atoms with Crippen LogP contribution in [0.1, 0.15) is 36.0 Å². The Balaban J connectivity index is 1.96. The van der Waals surface area contributed by atoms with E-state index in [9.17, 15) is 4.79 Å². The van der Waals surface area contributed by atoms with Crippen LogP contribution in [0.4, 0.5) is 0 Å². The molecule has 6 heteroatoms. The molecule has 0 aliphatic heterocycles. The number of amides is 1. The van der Waals surface area contributed by atoms with Gasteiger partial charge in [-0.1, -0.05) is 0 Å². The summed E-state index contributed by atoms with van der Waals surface area (Å²) in [5, 5.41) is 4.06. The molecule has 0 atom stereocenters. The molecule has 21 heavy (non-hydrogen) atoms. The van der Waals surface area contributed by atoms with Crippen molar-refractivity contribution in [3.05, 3.63) is 39.0 Å². The van der Waals surface area contributed by atoms with Crippen LogP contribution in [0, 0.1) is 0 Å². The summed E-state index contributed by atoms with van der Waals surface area (Å²) in [6.45, 7) is 0. The Morgan fingerprint density at radius 3 is 2.71 bits per heavy atom. The van der Waals surface area contributed by atoms with E-state index < -0.39 is 19.8 Å². The van der Waals surface area contributed by atoms with Crippen molar-refractivity contribution in [1.29, 1.82) is 0 Å². The Labute approximate surface area is 138 Å². The molecule has 1 aromatic rings. The summed E-state index contributed by atoms with van der Waals surface area (Å²) >= 11 is -0.575. The first-order valence-electron chi connectivity index (χ1n) is 6.72. The predicted octanol–water partition coefficient (Wildman–Crippen LogP) is 3.10. The molecule has 0 heterocycles. The van der Waals surface area contributed by atoms with Crippen molar-refractivity contribution in [2.75, 3.05) is 7.11 Å². The van der Waals surface area contributed by atoms with E-state index in [2.05, 4.69) is 10.5 Å². The molecule has 2 rings (SSSR count). The quantitative estimate of drug-likeness (QED) is 0.452. The number of methoxy groups -OCH3 is 1. The number of carbonyl (C=O) groups excluding carboxylic acids is 1. The van der Waals surface area contributed by atoms with Crippen LogP contribution < -0.4 is 10.2 Å². The van der Waals surface area contributed by atoms with Crippen LogP contribution in [0.2, 0.25) is 0 Å². The monoisotopic (exact) mass is 422 g/mol. The molecule has 1 amide bonds. The molecule has 0 bridgehead atoms. The molecule has 1 aromatic carbocycles. The maximum absolute atomic E-state index is 11.9. The Kier molecular flexibility index (Phi) is 6.56. The molecule has 0 fully saturated rings. The SMILES string of the molecule is COc1ccc(C(=O)N/N=C/C2=C([Te]Cl)CCCC2)cc1. The van der Waals surface area contributed by atoms with Gasteiger partial charge >= 0.3 is 139 Å². The van der Waals surface area contributed by atoms with E-state index in [1.54, 1.807) is 37.6 Å². The minimum atomic E-state index is -0.575. The van der Waals surface area contributed by atoms with Gasteiger partial charge < -0.3 is 0 Å². The number of benzene rings is 1. The standard InChI is InChI=1S/C15H17ClN2O2Te/c1-20-13-8-6-11(7-9-13)15(19)18-17-10-12-4-2-3-5-14(12)21-16/h6-10H,2-5H2,1H3,(H,18,19)/b17-10+. The molecule has 0 unspecified atom stereocenters. The third-order valence-corrected chi connectivity index (χ3v) is 6.40. The number of hydrogen-bond donors (Lipinski definition) is 1. The van der Waals surface area contributed by atoms with Gasteiger partial charge in [0.1, 0.15) is 0 Å². The van der Waals surface area contributed by atoms with E-state index in [0.29, 0.717) is 5.56 Å². The average molecular weight is 420 g/mol. The van der Waals surface area contributed by atoms with Crippen molar-refractivity contribution in [3.8, 4) is 5.75 Å². The van der Waals surface area contributed by atoms with Crippen LogP contribution in [0.15, 0.2) is 38.6 Å². The number of nitrogens with one attached hydrogen (secondary N) is 1. The van der Waals surface area contributed by atoms with Crippen LogP contribution >= 0.6 is 8.96 Å². The summed E-state index contributed by atoms with van der Waals surface area (Å²) in [5.74, 6) is 0.494. The summed E-state index contributed by atoms with van der Waals surface area (Å²) in [6.07, 6.45) is 6.22. The van der Waals surface area contributed by atoms with E-state index >= 15 is 0 Å². The van der Waals surface area contributed by atoms with Gasteiger partial charge in [0.2, 0.25) is 0 Å². The van der Waals surface area contributed by atoms with Crippen LogP contribution in [-0.4, -0.2) is 39.0 Å². The fraction of sp³-hybridized carbons (Fsp3) is 0.333. The van der Waals surface area contributed by atoms with Crippen LogP contribution in [0.5, 0.6) is 5.75 Å². The van der Waals surface area contributed by atoms with Gasteiger partial charge in [0.25, 0.3) is 0 Å². The van der Waals surface area contributed by atoms with Gasteiger partial charge in [-0.05, 0) is 0 Å². The van der Waals surface area contributed by atoms with E-state index in [0.717, 1.165) is 18.6 Å². The summed E-state index contributed by atoms with van der Waals surface area (Å²) in [7, 11) is 7.64. The van der Waals surface area contributed by atoms with Gasteiger partial charge in [-0.15, -0.1) is 0 Å². The number of halogens is 1. The zero-order chi connectivity index (χ0) is 15.1. The zero-order valence-electron chi connectivity index (χ0n) is 11.8. The second kappa shape index (κ2) is 8.43. The predicted molar refractivity (Wildman–Crippen MR) is 86.1 cm³/mol. The Hall–Kier alpha value is -1.02. The molecule has 0 spiro atoms. The van der Waals surface area contributed by atoms with Gasteiger partial charge in [-0.3, -0.25) is 0 Å². The Morgan fingerprint density at radius 2 is 2.05 bits per heavy atom. The van der Waals surface area contributed by atoms with Crippen molar-refractivity contribution in [2.45, 2.75) is 25.7 Å². The van der Waals surface area contributed by atoms with E-state index in [4.69, 9.17) is 13.7 Å². The number of rotatable bonds is 5. The molecule has 0 saturated heterocycles. The molecule has 0 radical (unpaired) electrons. The first kappa shape index (κ1) is 16.4. The third kappa shape index (κ3) is 4.74. The summed E-state index contributed by atoms with van der Waals surface area (Å²) in [4.78, 5) is 11.9.